The van der Waals surface area contributed by atoms with Gasteiger partial charge in [0.25, 0.3) is 0 Å². The molecule has 2 aromatic heterocycles. The van der Waals surface area contributed by atoms with Crippen LogP contribution in [0.5, 0.6) is 0 Å². The second kappa shape index (κ2) is 3.53. The maximum Gasteiger partial charge on any atom is 0.373 e. The monoisotopic (exact) mass is 204 g/mol. The molecule has 0 bridgehead atoms. The van der Waals surface area contributed by atoms with E-state index in [9.17, 15) is 4.79 Å². The van der Waals surface area contributed by atoms with Crippen LogP contribution in [0, 0.1) is 6.92 Å². The average molecular weight is 204 g/mol. The molecule has 0 aromatic carbocycles. The summed E-state index contributed by atoms with van der Waals surface area (Å²) in [7, 11) is 0. The molecule has 0 saturated carbocycles. The minimum Gasteiger partial charge on any atom is -0.475 e. The van der Waals surface area contributed by atoms with E-state index in [0.29, 0.717) is 11.4 Å². The van der Waals surface area contributed by atoms with Crippen LogP contribution >= 0.6 is 0 Å². The smallest absolute Gasteiger partial charge is 0.373 e. The fourth-order valence-electron chi connectivity index (χ4n) is 1.19. The fourth-order valence-corrected chi connectivity index (χ4v) is 1.19. The van der Waals surface area contributed by atoms with E-state index in [4.69, 9.17) is 9.52 Å². The molecule has 0 aliphatic carbocycles. The lowest BCUT2D eigenvalue weighted by molar-refractivity contribution is 0.0662. The maximum absolute atomic E-state index is 10.7. The number of aryl methyl sites for hydroxylation is 1. The third-order valence-corrected chi connectivity index (χ3v) is 1.87. The van der Waals surface area contributed by atoms with Crippen molar-refractivity contribution in [3.05, 3.63) is 35.9 Å². The quantitative estimate of drug-likeness (QED) is 0.806. The number of hydrogen-bond acceptors (Lipinski definition) is 4. The van der Waals surface area contributed by atoms with Crippen molar-refractivity contribution in [1.29, 1.82) is 0 Å². The number of carboxylic acid groups (broad SMARTS) is 1. The van der Waals surface area contributed by atoms with Crippen molar-refractivity contribution in [2.24, 2.45) is 0 Å². The molecule has 0 amide bonds. The van der Waals surface area contributed by atoms with Crippen LogP contribution in [-0.4, -0.2) is 21.0 Å². The Kier molecular flexibility index (Phi) is 2.21. The van der Waals surface area contributed by atoms with Crippen molar-refractivity contribution in [1.82, 2.24) is 9.97 Å². The summed E-state index contributed by atoms with van der Waals surface area (Å²) in [4.78, 5) is 18.7. The van der Waals surface area contributed by atoms with E-state index < -0.39 is 5.97 Å². The molecule has 0 saturated heterocycles. The Balaban J connectivity index is 2.48. The Morgan fingerprint density at radius 3 is 2.80 bits per heavy atom. The standard InChI is InChI=1S/C10H8N2O3/c1-6-8(10(13)14)15-9(12-6)7-4-2-3-5-11-7/h2-5H,1H3,(H,13,14). The van der Waals surface area contributed by atoms with Gasteiger partial charge in [-0.3, -0.25) is 4.98 Å². The van der Waals surface area contributed by atoms with Crippen LogP contribution < -0.4 is 0 Å². The zero-order valence-corrected chi connectivity index (χ0v) is 7.97. The van der Waals surface area contributed by atoms with Gasteiger partial charge in [-0.1, -0.05) is 6.07 Å². The molecule has 0 radical (unpaired) electrons. The normalized spacial score (nSPS) is 10.2. The van der Waals surface area contributed by atoms with Gasteiger partial charge in [-0.15, -0.1) is 0 Å². The van der Waals surface area contributed by atoms with E-state index in [1.54, 1.807) is 31.3 Å². The molecule has 2 aromatic rings. The molecule has 76 valence electrons. The van der Waals surface area contributed by atoms with Crippen LogP contribution in [-0.2, 0) is 0 Å². The highest BCUT2D eigenvalue weighted by atomic mass is 16.4. The summed E-state index contributed by atoms with van der Waals surface area (Å²) in [6.07, 6.45) is 1.59. The molecule has 15 heavy (non-hydrogen) atoms. The Bertz CT molecular complexity index is 491. The van der Waals surface area contributed by atoms with Gasteiger partial charge in [0.05, 0.1) is 5.69 Å². The number of hydrogen-bond donors (Lipinski definition) is 1. The minimum atomic E-state index is -1.12. The van der Waals surface area contributed by atoms with Crippen molar-refractivity contribution < 1.29 is 14.3 Å². The van der Waals surface area contributed by atoms with Crippen molar-refractivity contribution in [3.63, 3.8) is 0 Å². The second-order valence-electron chi connectivity index (χ2n) is 2.95. The van der Waals surface area contributed by atoms with Crippen LogP contribution in [0.3, 0.4) is 0 Å². The first-order valence-electron chi connectivity index (χ1n) is 4.30. The number of aromatic carboxylic acids is 1. The van der Waals surface area contributed by atoms with E-state index in [2.05, 4.69) is 9.97 Å². The van der Waals surface area contributed by atoms with Gasteiger partial charge < -0.3 is 9.52 Å². The Labute approximate surface area is 85.4 Å². The molecule has 2 rings (SSSR count). The topological polar surface area (TPSA) is 76.2 Å². The first-order valence-corrected chi connectivity index (χ1v) is 4.30. The van der Waals surface area contributed by atoms with Crippen molar-refractivity contribution in [3.8, 4) is 11.6 Å². The van der Waals surface area contributed by atoms with Crippen LogP contribution in [0.15, 0.2) is 28.8 Å². The van der Waals surface area contributed by atoms with Gasteiger partial charge in [-0.25, -0.2) is 9.78 Å². The highest BCUT2D eigenvalue weighted by Crippen LogP contribution is 2.19. The van der Waals surface area contributed by atoms with Crippen LogP contribution in [0.2, 0.25) is 0 Å². The second-order valence-corrected chi connectivity index (χ2v) is 2.95. The van der Waals surface area contributed by atoms with Gasteiger partial charge in [0, 0.05) is 6.20 Å². The lowest BCUT2D eigenvalue weighted by atomic mass is 10.3. The lowest BCUT2D eigenvalue weighted by Crippen LogP contribution is -1.95. The highest BCUT2D eigenvalue weighted by Gasteiger charge is 2.17. The third-order valence-electron chi connectivity index (χ3n) is 1.87. The molecule has 0 aliphatic heterocycles. The van der Waals surface area contributed by atoms with Gasteiger partial charge >= 0.3 is 5.97 Å². The number of carbonyl (C=O) groups is 1. The van der Waals surface area contributed by atoms with Crippen molar-refractivity contribution >= 4 is 5.97 Å². The summed E-state index contributed by atoms with van der Waals surface area (Å²) in [6.45, 7) is 1.58. The molecule has 0 fully saturated rings. The zero-order valence-electron chi connectivity index (χ0n) is 7.97. The summed E-state index contributed by atoms with van der Waals surface area (Å²) in [5.74, 6) is -1.04. The molecule has 2 heterocycles. The molecular formula is C10H8N2O3. The molecule has 5 heteroatoms. The number of pyridine rings is 1. The first kappa shape index (κ1) is 9.39. The SMILES string of the molecule is Cc1nc(-c2ccccn2)oc1C(=O)O. The molecule has 1 N–H and O–H groups in total. The first-order chi connectivity index (χ1) is 7.18. The van der Waals surface area contributed by atoms with Crippen molar-refractivity contribution in [2.75, 3.05) is 0 Å². The number of rotatable bonds is 2. The molecule has 0 aliphatic rings. The van der Waals surface area contributed by atoms with Crippen LogP contribution in [0.25, 0.3) is 11.6 Å². The van der Waals surface area contributed by atoms with Crippen molar-refractivity contribution in [2.45, 2.75) is 6.92 Å². The van der Waals surface area contributed by atoms with Crippen LogP contribution in [0.4, 0.5) is 0 Å². The van der Waals surface area contributed by atoms with Gasteiger partial charge in [0.15, 0.2) is 0 Å². The average Bonchev–Trinajstić information content (AvgIpc) is 2.62. The summed E-state index contributed by atoms with van der Waals surface area (Å²) in [5, 5.41) is 8.77. The van der Waals surface area contributed by atoms with Gasteiger partial charge in [-0.05, 0) is 19.1 Å². The molecule has 5 nitrogen and oxygen atoms in total. The predicted octanol–water partition coefficient (Wildman–Crippen LogP) is 1.74. The number of nitrogens with zero attached hydrogens (tertiary/aromatic N) is 2. The van der Waals surface area contributed by atoms with E-state index in [1.807, 2.05) is 0 Å². The molecule has 0 atom stereocenters. The van der Waals surface area contributed by atoms with E-state index >= 15 is 0 Å². The third kappa shape index (κ3) is 1.71. The fraction of sp³-hybridized carbons (Fsp3) is 0.100. The van der Waals surface area contributed by atoms with E-state index in [0.717, 1.165) is 0 Å². The van der Waals surface area contributed by atoms with Gasteiger partial charge in [0.2, 0.25) is 11.7 Å². The minimum absolute atomic E-state index is 0.143. The maximum atomic E-state index is 10.7. The Morgan fingerprint density at radius 2 is 2.27 bits per heavy atom. The van der Waals surface area contributed by atoms with E-state index in [-0.39, 0.29) is 11.7 Å². The van der Waals surface area contributed by atoms with Crippen LogP contribution in [0.1, 0.15) is 16.2 Å². The largest absolute Gasteiger partial charge is 0.475 e. The zero-order chi connectivity index (χ0) is 10.8. The summed E-state index contributed by atoms with van der Waals surface area (Å²) >= 11 is 0. The van der Waals surface area contributed by atoms with Gasteiger partial charge in [0.1, 0.15) is 5.69 Å². The molecule has 0 spiro atoms. The number of aromatic nitrogens is 2. The Morgan fingerprint density at radius 1 is 1.47 bits per heavy atom. The summed E-state index contributed by atoms with van der Waals surface area (Å²) in [5.41, 5.74) is 0.872. The van der Waals surface area contributed by atoms with Gasteiger partial charge in [-0.2, -0.15) is 0 Å². The molecule has 0 unspecified atom stereocenters. The van der Waals surface area contributed by atoms with E-state index in [1.165, 1.54) is 0 Å². The summed E-state index contributed by atoms with van der Waals surface area (Å²) < 4.78 is 5.09. The predicted molar refractivity (Wildman–Crippen MR) is 51.4 cm³/mol. The lowest BCUT2D eigenvalue weighted by Gasteiger charge is -1.91. The number of carboxylic acids is 1. The Hall–Kier alpha value is -2.17. The summed E-state index contributed by atoms with van der Waals surface area (Å²) in [6, 6.07) is 5.25. The highest BCUT2D eigenvalue weighted by molar-refractivity contribution is 5.85. The number of oxazole rings is 1. The molecular weight excluding hydrogens is 196 g/mol.